The first kappa shape index (κ1) is 64.1. The first-order chi connectivity index (χ1) is 33.7. The van der Waals surface area contributed by atoms with Crippen molar-refractivity contribution in [1.29, 1.82) is 0 Å². The van der Waals surface area contributed by atoms with Gasteiger partial charge in [0.15, 0.2) is 12.4 Å². The van der Waals surface area contributed by atoms with Crippen LogP contribution in [0.15, 0.2) is 72.9 Å². The van der Waals surface area contributed by atoms with Gasteiger partial charge in [-0.2, -0.15) is 0 Å². The third kappa shape index (κ3) is 35.0. The fourth-order valence-corrected chi connectivity index (χ4v) is 8.24. The van der Waals surface area contributed by atoms with Crippen LogP contribution in [0.1, 0.15) is 220 Å². The number of hydrogen-bond donors (Lipinski definition) is 6. The summed E-state index contributed by atoms with van der Waals surface area (Å²) < 4.78 is 17.5. The molecule has 1 aliphatic rings. The minimum Gasteiger partial charge on any atom is -0.454 e. The number of aliphatic hydroxyl groups is 5. The summed E-state index contributed by atoms with van der Waals surface area (Å²) in [6.45, 7) is 5.59. The van der Waals surface area contributed by atoms with E-state index in [1.807, 2.05) is 42.5 Å². The molecule has 1 amide bonds. The zero-order chi connectivity index (χ0) is 50.4. The standard InChI is InChI=1S/C58H101NO10/c1-4-7-10-13-16-19-22-25-26-28-31-34-37-40-43-46-53(63)69-56-55(65)54(64)52(47-60)68-58(56)67-48-49(50(61)44-41-38-35-32-29-24-21-18-15-12-9-6-3)59-57(66)51(62)45-42-39-36-33-30-27-23-20-17-14-11-8-5-2/h7,10,13,16,19,22,25-26,30,33,41,44,49-52,54-56,58,60-62,64-65H,4-6,8-9,11-12,14-15,17-18,20-21,23-24,27-29,31-32,34-40,42-43,45-48H2,1-3H3,(H,59,66)/b10-7+,16-13+,22-19+,26-25-,33-30-,44-41+. The molecular formula is C58H101NO10. The third-order valence-corrected chi connectivity index (χ3v) is 12.7. The van der Waals surface area contributed by atoms with Crippen LogP contribution in [-0.2, 0) is 23.8 Å². The smallest absolute Gasteiger partial charge is 0.306 e. The molecule has 0 radical (unpaired) electrons. The van der Waals surface area contributed by atoms with Gasteiger partial charge in [0.25, 0.3) is 0 Å². The lowest BCUT2D eigenvalue weighted by Gasteiger charge is -2.41. The molecule has 11 nitrogen and oxygen atoms in total. The summed E-state index contributed by atoms with van der Waals surface area (Å²) in [5, 5.41) is 56.7. The fraction of sp³-hybridized carbons (Fsp3) is 0.759. The summed E-state index contributed by atoms with van der Waals surface area (Å²) >= 11 is 0. The number of hydrogen-bond acceptors (Lipinski definition) is 10. The number of aliphatic hydroxyl groups excluding tert-OH is 5. The Kier molecular flexibility index (Phi) is 42.9. The molecule has 1 aliphatic heterocycles. The Morgan fingerprint density at radius 3 is 1.61 bits per heavy atom. The Hall–Kier alpha value is -2.90. The number of esters is 1. The van der Waals surface area contributed by atoms with Crippen molar-refractivity contribution >= 4 is 11.9 Å². The maximum Gasteiger partial charge on any atom is 0.306 e. The number of allylic oxidation sites excluding steroid dienone is 11. The van der Waals surface area contributed by atoms with Crippen molar-refractivity contribution in [3.63, 3.8) is 0 Å². The van der Waals surface area contributed by atoms with E-state index < -0.39 is 67.4 Å². The van der Waals surface area contributed by atoms with Crippen molar-refractivity contribution in [2.45, 2.75) is 269 Å². The van der Waals surface area contributed by atoms with Gasteiger partial charge in [0.2, 0.25) is 5.91 Å². The minimum absolute atomic E-state index is 0.0930. The van der Waals surface area contributed by atoms with E-state index in [2.05, 4.69) is 50.4 Å². The van der Waals surface area contributed by atoms with Crippen LogP contribution in [0.3, 0.4) is 0 Å². The van der Waals surface area contributed by atoms with Gasteiger partial charge >= 0.3 is 5.97 Å². The summed E-state index contributed by atoms with van der Waals surface area (Å²) in [7, 11) is 0. The van der Waals surface area contributed by atoms with Crippen LogP contribution >= 0.6 is 0 Å². The van der Waals surface area contributed by atoms with E-state index in [4.69, 9.17) is 14.2 Å². The molecule has 1 fully saturated rings. The minimum atomic E-state index is -1.63. The molecule has 0 aromatic rings. The summed E-state index contributed by atoms with van der Waals surface area (Å²) in [4.78, 5) is 26.4. The van der Waals surface area contributed by atoms with Gasteiger partial charge in [0, 0.05) is 6.42 Å². The maximum absolute atomic E-state index is 13.3. The average Bonchev–Trinajstić information content (AvgIpc) is 3.34. The van der Waals surface area contributed by atoms with Gasteiger partial charge in [0.05, 0.1) is 25.4 Å². The summed E-state index contributed by atoms with van der Waals surface area (Å²) in [6, 6.07) is -1.04. The number of carbonyl (C=O) groups excluding carboxylic acids is 2. The van der Waals surface area contributed by atoms with Crippen molar-refractivity contribution in [1.82, 2.24) is 5.32 Å². The zero-order valence-electron chi connectivity index (χ0n) is 43.7. The fourth-order valence-electron chi connectivity index (χ4n) is 8.24. The zero-order valence-corrected chi connectivity index (χ0v) is 43.7. The molecule has 69 heavy (non-hydrogen) atoms. The molecule has 1 heterocycles. The van der Waals surface area contributed by atoms with Gasteiger partial charge < -0.3 is 45.1 Å². The molecule has 0 saturated carbocycles. The first-order valence-corrected chi connectivity index (χ1v) is 27.8. The van der Waals surface area contributed by atoms with Crippen LogP contribution in [-0.4, -0.2) is 99.6 Å². The molecule has 0 bridgehead atoms. The largest absolute Gasteiger partial charge is 0.454 e. The number of carbonyl (C=O) groups is 2. The Balaban J connectivity index is 2.78. The summed E-state index contributed by atoms with van der Waals surface area (Å²) in [5.74, 6) is -1.24. The van der Waals surface area contributed by atoms with Gasteiger partial charge in [-0.25, -0.2) is 0 Å². The number of amides is 1. The number of ether oxygens (including phenoxy) is 3. The molecule has 0 aromatic heterocycles. The van der Waals surface area contributed by atoms with Gasteiger partial charge in [-0.1, -0.05) is 216 Å². The van der Waals surface area contributed by atoms with Crippen LogP contribution in [0.25, 0.3) is 0 Å². The van der Waals surface area contributed by atoms with E-state index in [1.165, 1.54) is 96.3 Å². The SMILES string of the molecule is CC/C=C/C=C/C=C/C=C\CCCCCCCC(=O)OC1C(OCC(NC(=O)C(O)CCCC/C=C\CCCCCCCCC)C(O)/C=C/CCCCCCCCCCCC)OC(CO)C(O)C1O. The highest BCUT2D eigenvalue weighted by Crippen LogP contribution is 2.26. The van der Waals surface area contributed by atoms with Crippen LogP contribution < -0.4 is 5.32 Å². The lowest BCUT2D eigenvalue weighted by molar-refractivity contribution is -0.305. The number of rotatable bonds is 45. The van der Waals surface area contributed by atoms with E-state index in [0.29, 0.717) is 12.8 Å². The van der Waals surface area contributed by atoms with Crippen molar-refractivity contribution < 1.29 is 49.3 Å². The quantitative estimate of drug-likeness (QED) is 0.0149. The van der Waals surface area contributed by atoms with Gasteiger partial charge in [-0.15, -0.1) is 0 Å². The Morgan fingerprint density at radius 1 is 0.580 bits per heavy atom. The molecule has 6 N–H and O–H groups in total. The van der Waals surface area contributed by atoms with Gasteiger partial charge in [-0.3, -0.25) is 9.59 Å². The highest BCUT2D eigenvalue weighted by Gasteiger charge is 2.47. The summed E-state index contributed by atoms with van der Waals surface area (Å²) in [6.07, 6.45) is 46.6. The second-order valence-electron chi connectivity index (χ2n) is 19.0. The predicted molar refractivity (Wildman–Crippen MR) is 283 cm³/mol. The lowest BCUT2D eigenvalue weighted by Crippen LogP contribution is -2.61. The molecule has 1 rings (SSSR count). The Morgan fingerprint density at radius 2 is 1.06 bits per heavy atom. The number of unbranched alkanes of at least 4 members (excludes halogenated alkanes) is 24. The van der Waals surface area contributed by atoms with E-state index in [0.717, 1.165) is 77.0 Å². The van der Waals surface area contributed by atoms with E-state index in [1.54, 1.807) is 6.08 Å². The van der Waals surface area contributed by atoms with Crippen LogP contribution in [0, 0.1) is 0 Å². The molecule has 8 unspecified atom stereocenters. The Labute approximate surface area is 420 Å². The molecule has 0 aromatic carbocycles. The first-order valence-electron chi connectivity index (χ1n) is 27.8. The van der Waals surface area contributed by atoms with E-state index in [9.17, 15) is 35.1 Å². The maximum atomic E-state index is 13.3. The van der Waals surface area contributed by atoms with E-state index >= 15 is 0 Å². The highest BCUT2D eigenvalue weighted by molar-refractivity contribution is 5.80. The van der Waals surface area contributed by atoms with Gasteiger partial charge in [0.1, 0.15) is 24.4 Å². The summed E-state index contributed by atoms with van der Waals surface area (Å²) in [5.41, 5.74) is 0. The highest BCUT2D eigenvalue weighted by atomic mass is 16.7. The Bertz CT molecular complexity index is 1390. The molecule has 0 aliphatic carbocycles. The van der Waals surface area contributed by atoms with Crippen LogP contribution in [0.4, 0.5) is 0 Å². The monoisotopic (exact) mass is 972 g/mol. The van der Waals surface area contributed by atoms with Crippen molar-refractivity contribution in [2.75, 3.05) is 13.2 Å². The second-order valence-corrected chi connectivity index (χ2v) is 19.0. The van der Waals surface area contributed by atoms with Crippen molar-refractivity contribution in [3.8, 4) is 0 Å². The normalized spacial score (nSPS) is 20.4. The van der Waals surface area contributed by atoms with Crippen LogP contribution in [0.2, 0.25) is 0 Å². The van der Waals surface area contributed by atoms with Crippen molar-refractivity contribution in [2.24, 2.45) is 0 Å². The molecule has 398 valence electrons. The third-order valence-electron chi connectivity index (χ3n) is 12.7. The van der Waals surface area contributed by atoms with Gasteiger partial charge in [-0.05, 0) is 70.6 Å². The molecule has 1 saturated heterocycles. The van der Waals surface area contributed by atoms with E-state index in [-0.39, 0.29) is 19.4 Å². The second kappa shape index (κ2) is 46.2. The topological polar surface area (TPSA) is 175 Å². The lowest BCUT2D eigenvalue weighted by atomic mass is 9.99. The molecule has 8 atom stereocenters. The average molecular weight is 972 g/mol. The molecular weight excluding hydrogens is 871 g/mol. The predicted octanol–water partition coefficient (Wildman–Crippen LogP) is 12.1. The molecule has 0 spiro atoms. The molecule has 11 heteroatoms. The van der Waals surface area contributed by atoms with Crippen molar-refractivity contribution in [3.05, 3.63) is 72.9 Å². The van der Waals surface area contributed by atoms with Crippen LogP contribution in [0.5, 0.6) is 0 Å². The number of nitrogens with one attached hydrogen (secondary N) is 1.